The Morgan fingerprint density at radius 2 is 1.65 bits per heavy atom. The van der Waals surface area contributed by atoms with Gasteiger partial charge in [0.1, 0.15) is 12.1 Å². The van der Waals surface area contributed by atoms with Crippen molar-refractivity contribution < 1.29 is 23.9 Å². The van der Waals surface area contributed by atoms with Gasteiger partial charge in [-0.2, -0.15) is 0 Å². The molecule has 1 N–H and O–H groups in total. The van der Waals surface area contributed by atoms with Crippen molar-refractivity contribution in [1.82, 2.24) is 20.0 Å². The van der Waals surface area contributed by atoms with E-state index in [4.69, 9.17) is 4.74 Å². The molecule has 0 aromatic carbocycles. The summed E-state index contributed by atoms with van der Waals surface area (Å²) in [4.78, 5) is 57.7. The number of nitrogens with zero attached hydrogens (tertiary/aromatic N) is 3. The third-order valence-corrected chi connectivity index (χ3v) is 7.70. The van der Waals surface area contributed by atoms with Crippen LogP contribution >= 0.6 is 0 Å². The highest BCUT2D eigenvalue weighted by atomic mass is 16.5. The van der Waals surface area contributed by atoms with Gasteiger partial charge < -0.3 is 19.9 Å². The van der Waals surface area contributed by atoms with Crippen molar-refractivity contribution in [1.29, 1.82) is 0 Å². The maximum atomic E-state index is 13.8. The molecule has 2 aliphatic rings. The maximum absolute atomic E-state index is 13.8. The minimum Gasteiger partial charge on any atom is -0.467 e. The normalized spacial score (nSPS) is 23.0. The minimum absolute atomic E-state index is 0.0208. The maximum Gasteiger partial charge on any atom is 0.328 e. The van der Waals surface area contributed by atoms with Crippen LogP contribution in [0.5, 0.6) is 0 Å². The molecule has 2 heterocycles. The lowest BCUT2D eigenvalue weighted by atomic mass is 9.84. The SMILES string of the molecule is COC(=O)[C@@H]1CCCN1C(=O)/C(C)=C/[C@H](C(C)C)N(C)C(=O)[C@@H](NC(=O)C1CCCCN1C)C(C)(C)C. The molecule has 9 nitrogen and oxygen atoms in total. The van der Waals surface area contributed by atoms with Gasteiger partial charge in [0.15, 0.2) is 0 Å². The predicted octanol–water partition coefficient (Wildman–Crippen LogP) is 2.59. The van der Waals surface area contributed by atoms with Crippen molar-refractivity contribution in [2.75, 3.05) is 34.3 Å². The number of carbonyl (C=O) groups is 4. The van der Waals surface area contributed by atoms with E-state index in [-0.39, 0.29) is 35.7 Å². The summed E-state index contributed by atoms with van der Waals surface area (Å²) in [6.07, 6.45) is 5.99. The zero-order valence-electron chi connectivity index (χ0n) is 24.3. The van der Waals surface area contributed by atoms with Crippen molar-refractivity contribution in [3.05, 3.63) is 11.6 Å². The highest BCUT2D eigenvalue weighted by Crippen LogP contribution is 2.26. The summed E-state index contributed by atoms with van der Waals surface area (Å²) < 4.78 is 4.88. The van der Waals surface area contributed by atoms with Crippen LogP contribution in [0.3, 0.4) is 0 Å². The van der Waals surface area contributed by atoms with Crippen LogP contribution < -0.4 is 5.32 Å². The Balaban J connectivity index is 2.25. The zero-order valence-corrected chi connectivity index (χ0v) is 24.3. The van der Waals surface area contributed by atoms with E-state index in [1.807, 2.05) is 47.7 Å². The van der Waals surface area contributed by atoms with Crippen LogP contribution in [0.4, 0.5) is 0 Å². The summed E-state index contributed by atoms with van der Waals surface area (Å²) >= 11 is 0. The standard InChI is InChI=1S/C28H48N4O5/c1-18(2)22(17-19(3)25(34)32-16-12-14-21(32)27(36)37-9)31(8)26(35)23(28(4,5)6)29-24(33)20-13-10-11-15-30(20)7/h17-18,20-23H,10-16H2,1-9H3,(H,29,33)/b19-17+/t20?,21-,22+,23+/m0/s1. The smallest absolute Gasteiger partial charge is 0.328 e. The van der Waals surface area contributed by atoms with E-state index in [0.29, 0.717) is 18.5 Å². The predicted molar refractivity (Wildman–Crippen MR) is 144 cm³/mol. The molecule has 2 aliphatic heterocycles. The van der Waals surface area contributed by atoms with Crippen LogP contribution in [0, 0.1) is 11.3 Å². The van der Waals surface area contributed by atoms with Crippen LogP contribution in [-0.4, -0.2) is 96.9 Å². The second-order valence-corrected chi connectivity index (χ2v) is 12.0. The Morgan fingerprint density at radius 3 is 2.19 bits per heavy atom. The van der Waals surface area contributed by atoms with Crippen LogP contribution in [-0.2, 0) is 23.9 Å². The molecule has 0 saturated carbocycles. The lowest BCUT2D eigenvalue weighted by Gasteiger charge is -2.39. The van der Waals surface area contributed by atoms with E-state index >= 15 is 0 Å². The number of methoxy groups -OCH3 is 1. The lowest BCUT2D eigenvalue weighted by Crippen LogP contribution is -2.59. The van der Waals surface area contributed by atoms with Gasteiger partial charge in [-0.3, -0.25) is 19.3 Å². The first-order chi connectivity index (χ1) is 17.2. The van der Waals surface area contributed by atoms with Crippen LogP contribution in [0.1, 0.15) is 73.6 Å². The Labute approximate surface area is 222 Å². The number of ether oxygens (including phenoxy) is 1. The summed E-state index contributed by atoms with van der Waals surface area (Å²) in [6.45, 7) is 12.9. The molecule has 9 heteroatoms. The number of carbonyl (C=O) groups excluding carboxylic acids is 4. The molecule has 4 atom stereocenters. The molecule has 0 bridgehead atoms. The third-order valence-electron chi connectivity index (χ3n) is 7.70. The van der Waals surface area contributed by atoms with E-state index in [0.717, 1.165) is 32.2 Å². The molecular weight excluding hydrogens is 472 g/mol. The highest BCUT2D eigenvalue weighted by molar-refractivity contribution is 5.96. The minimum atomic E-state index is -0.715. The molecular formula is C28H48N4O5. The van der Waals surface area contributed by atoms with Gasteiger partial charge in [0.2, 0.25) is 17.7 Å². The number of piperidine rings is 1. The quantitative estimate of drug-likeness (QED) is 0.390. The molecule has 210 valence electrons. The van der Waals surface area contributed by atoms with E-state index in [1.165, 1.54) is 7.11 Å². The topological polar surface area (TPSA) is 99.3 Å². The Kier molecular flexibility index (Phi) is 10.7. The molecule has 0 spiro atoms. The van der Waals surface area contributed by atoms with Crippen molar-refractivity contribution in [2.45, 2.75) is 97.8 Å². The van der Waals surface area contributed by atoms with Gasteiger partial charge in [0.25, 0.3) is 0 Å². The summed E-state index contributed by atoms with van der Waals surface area (Å²) in [7, 11) is 5.01. The van der Waals surface area contributed by atoms with Crippen molar-refractivity contribution in [3.63, 3.8) is 0 Å². The number of hydrogen-bond donors (Lipinski definition) is 1. The van der Waals surface area contributed by atoms with Gasteiger partial charge in [0.05, 0.1) is 19.2 Å². The van der Waals surface area contributed by atoms with Gasteiger partial charge in [0, 0.05) is 19.2 Å². The van der Waals surface area contributed by atoms with Gasteiger partial charge in [-0.1, -0.05) is 47.1 Å². The molecule has 1 unspecified atom stereocenters. The molecule has 2 saturated heterocycles. The summed E-state index contributed by atoms with van der Waals surface area (Å²) in [5.74, 6) is -0.913. The number of likely N-dealkylation sites (N-methyl/N-ethyl adjacent to an activating group) is 2. The Bertz CT molecular complexity index is 878. The van der Waals surface area contributed by atoms with Crippen LogP contribution in [0.25, 0.3) is 0 Å². The van der Waals surface area contributed by atoms with Gasteiger partial charge in [-0.05, 0) is 57.5 Å². The van der Waals surface area contributed by atoms with Crippen LogP contribution in [0.2, 0.25) is 0 Å². The number of nitrogens with one attached hydrogen (secondary N) is 1. The van der Waals surface area contributed by atoms with Gasteiger partial charge >= 0.3 is 5.97 Å². The Morgan fingerprint density at radius 1 is 1.03 bits per heavy atom. The Hall–Kier alpha value is -2.42. The van der Waals surface area contributed by atoms with Gasteiger partial charge in [-0.15, -0.1) is 0 Å². The van der Waals surface area contributed by atoms with E-state index < -0.39 is 23.5 Å². The van der Waals surface area contributed by atoms with Gasteiger partial charge in [-0.25, -0.2) is 4.79 Å². The van der Waals surface area contributed by atoms with E-state index in [9.17, 15) is 19.2 Å². The molecule has 0 aromatic heterocycles. The largest absolute Gasteiger partial charge is 0.467 e. The average molecular weight is 521 g/mol. The summed E-state index contributed by atoms with van der Waals surface area (Å²) in [5.41, 5.74) is -0.0255. The fourth-order valence-electron chi connectivity index (χ4n) is 5.34. The van der Waals surface area contributed by atoms with Crippen molar-refractivity contribution in [2.24, 2.45) is 11.3 Å². The molecule has 3 amide bonds. The molecule has 2 rings (SSSR count). The second kappa shape index (κ2) is 12.9. The molecule has 37 heavy (non-hydrogen) atoms. The number of likely N-dealkylation sites (tertiary alicyclic amines) is 2. The lowest BCUT2D eigenvalue weighted by molar-refractivity contribution is -0.149. The summed E-state index contributed by atoms with van der Waals surface area (Å²) in [6, 6.07) is -1.89. The second-order valence-electron chi connectivity index (χ2n) is 12.0. The third kappa shape index (κ3) is 7.55. The van der Waals surface area contributed by atoms with E-state index in [2.05, 4.69) is 10.2 Å². The fraction of sp³-hybridized carbons (Fsp3) is 0.786. The fourth-order valence-corrected chi connectivity index (χ4v) is 5.34. The zero-order chi connectivity index (χ0) is 28.1. The molecule has 0 radical (unpaired) electrons. The van der Waals surface area contributed by atoms with Crippen molar-refractivity contribution >= 4 is 23.7 Å². The number of hydrogen-bond acceptors (Lipinski definition) is 6. The number of amides is 3. The van der Waals surface area contributed by atoms with Crippen molar-refractivity contribution in [3.8, 4) is 0 Å². The molecule has 0 aliphatic carbocycles. The van der Waals surface area contributed by atoms with Crippen LogP contribution in [0.15, 0.2) is 11.6 Å². The van der Waals surface area contributed by atoms with E-state index in [1.54, 1.807) is 23.8 Å². The monoisotopic (exact) mass is 520 g/mol. The first-order valence-electron chi connectivity index (χ1n) is 13.5. The summed E-state index contributed by atoms with van der Waals surface area (Å²) in [5, 5.41) is 3.06. The molecule has 0 aromatic rings. The highest BCUT2D eigenvalue weighted by Gasteiger charge is 2.40. The first-order valence-corrected chi connectivity index (χ1v) is 13.5. The number of rotatable bonds is 8. The molecule has 2 fully saturated rings. The number of esters is 1. The average Bonchev–Trinajstić information content (AvgIpc) is 3.33. The first kappa shape index (κ1) is 30.8.